The molecule has 0 aliphatic carbocycles. The lowest BCUT2D eigenvalue weighted by Gasteiger charge is -2.38. The summed E-state index contributed by atoms with van der Waals surface area (Å²) in [5, 5.41) is 4.18. The van der Waals surface area contributed by atoms with Gasteiger partial charge >= 0.3 is 0 Å². The maximum atomic E-state index is 12.3. The van der Waals surface area contributed by atoms with Crippen molar-refractivity contribution in [3.05, 3.63) is 18.5 Å². The van der Waals surface area contributed by atoms with E-state index in [1.807, 2.05) is 16.9 Å². The van der Waals surface area contributed by atoms with E-state index in [-0.39, 0.29) is 0 Å². The van der Waals surface area contributed by atoms with E-state index in [4.69, 9.17) is 0 Å². The Bertz CT molecular complexity index is 473. The highest BCUT2D eigenvalue weighted by atomic mass is 16.2. The summed E-state index contributed by atoms with van der Waals surface area (Å²) in [5.74, 6) is 1.09. The molecule has 2 aliphatic rings. The lowest BCUT2D eigenvalue weighted by molar-refractivity contribution is -0.133. The maximum Gasteiger partial charge on any atom is 0.222 e. The minimum Gasteiger partial charge on any atom is -0.343 e. The number of amides is 1. The number of aromatic nitrogens is 2. The molecule has 1 atom stereocenters. The summed E-state index contributed by atoms with van der Waals surface area (Å²) < 4.78 is 1.90. The normalized spacial score (nSPS) is 21.7. The molecule has 5 heteroatoms. The van der Waals surface area contributed by atoms with Gasteiger partial charge in [0.15, 0.2) is 0 Å². The number of nitrogens with zero attached hydrogens (tertiary/aromatic N) is 4. The molecule has 2 aliphatic heterocycles. The Morgan fingerprint density at radius 3 is 2.61 bits per heavy atom. The Labute approximate surface area is 139 Å². The number of hydrogen-bond acceptors (Lipinski definition) is 3. The van der Waals surface area contributed by atoms with Gasteiger partial charge in [-0.2, -0.15) is 5.10 Å². The molecule has 23 heavy (non-hydrogen) atoms. The summed E-state index contributed by atoms with van der Waals surface area (Å²) in [7, 11) is 0. The van der Waals surface area contributed by atoms with Crippen LogP contribution in [0.25, 0.3) is 0 Å². The molecule has 1 amide bonds. The molecular formula is C18H30N4O. The summed E-state index contributed by atoms with van der Waals surface area (Å²) in [4.78, 5) is 17.1. The van der Waals surface area contributed by atoms with Gasteiger partial charge in [-0.15, -0.1) is 0 Å². The lowest BCUT2D eigenvalue weighted by Crippen LogP contribution is -2.45. The third-order valence-electron chi connectivity index (χ3n) is 5.63. The van der Waals surface area contributed by atoms with E-state index in [0.29, 0.717) is 18.4 Å². The molecule has 0 N–H and O–H groups in total. The van der Waals surface area contributed by atoms with Crippen molar-refractivity contribution in [2.45, 2.75) is 58.0 Å². The first-order valence-corrected chi connectivity index (χ1v) is 9.23. The van der Waals surface area contributed by atoms with Crippen molar-refractivity contribution in [1.29, 1.82) is 0 Å². The van der Waals surface area contributed by atoms with E-state index in [9.17, 15) is 4.79 Å². The third kappa shape index (κ3) is 4.34. The Morgan fingerprint density at radius 2 is 1.96 bits per heavy atom. The highest BCUT2D eigenvalue weighted by molar-refractivity contribution is 5.76. The fourth-order valence-electron chi connectivity index (χ4n) is 4.06. The summed E-state index contributed by atoms with van der Waals surface area (Å²) in [6.45, 7) is 7.66. The Kier molecular flexibility index (Phi) is 5.70. The lowest BCUT2D eigenvalue weighted by atomic mass is 9.89. The van der Waals surface area contributed by atoms with E-state index < -0.39 is 0 Å². The minimum absolute atomic E-state index is 0.324. The second-order valence-corrected chi connectivity index (χ2v) is 7.07. The molecule has 2 saturated heterocycles. The monoisotopic (exact) mass is 318 g/mol. The van der Waals surface area contributed by atoms with Gasteiger partial charge in [0.2, 0.25) is 5.91 Å². The molecule has 0 aromatic carbocycles. The Hall–Kier alpha value is -1.36. The van der Waals surface area contributed by atoms with Crippen LogP contribution in [-0.2, 0) is 11.3 Å². The van der Waals surface area contributed by atoms with Crippen molar-refractivity contribution in [1.82, 2.24) is 19.6 Å². The maximum absolute atomic E-state index is 12.3. The van der Waals surface area contributed by atoms with Crippen LogP contribution in [-0.4, -0.2) is 57.7 Å². The van der Waals surface area contributed by atoms with Crippen LogP contribution in [0.5, 0.6) is 0 Å². The zero-order chi connectivity index (χ0) is 16.1. The summed E-state index contributed by atoms with van der Waals surface area (Å²) >= 11 is 0. The average molecular weight is 318 g/mol. The van der Waals surface area contributed by atoms with Crippen molar-refractivity contribution in [3.8, 4) is 0 Å². The molecule has 1 aromatic heterocycles. The number of hydrogen-bond donors (Lipinski definition) is 0. The van der Waals surface area contributed by atoms with E-state index >= 15 is 0 Å². The molecular weight excluding hydrogens is 288 g/mol. The van der Waals surface area contributed by atoms with E-state index in [1.165, 1.54) is 38.8 Å². The molecule has 0 unspecified atom stereocenters. The fourth-order valence-corrected chi connectivity index (χ4v) is 4.06. The molecule has 1 aromatic rings. The van der Waals surface area contributed by atoms with Gasteiger partial charge in [0.25, 0.3) is 0 Å². The predicted octanol–water partition coefficient (Wildman–Crippen LogP) is 2.39. The molecule has 0 radical (unpaired) electrons. The Morgan fingerprint density at radius 1 is 1.22 bits per heavy atom. The van der Waals surface area contributed by atoms with E-state index in [0.717, 1.165) is 32.0 Å². The van der Waals surface area contributed by atoms with Crippen LogP contribution in [0.15, 0.2) is 18.5 Å². The molecule has 0 saturated carbocycles. The zero-order valence-electron chi connectivity index (χ0n) is 14.4. The summed E-state index contributed by atoms with van der Waals surface area (Å²) in [5.41, 5.74) is 0. The molecule has 0 spiro atoms. The topological polar surface area (TPSA) is 41.4 Å². The second kappa shape index (κ2) is 7.95. The van der Waals surface area contributed by atoms with Gasteiger partial charge in [-0.1, -0.05) is 0 Å². The van der Waals surface area contributed by atoms with Gasteiger partial charge in [-0.05, 0) is 64.1 Å². The quantitative estimate of drug-likeness (QED) is 0.809. The Balaban J connectivity index is 1.37. The first-order chi connectivity index (χ1) is 11.2. The van der Waals surface area contributed by atoms with Crippen molar-refractivity contribution in [2.75, 3.05) is 26.2 Å². The van der Waals surface area contributed by atoms with Crippen LogP contribution >= 0.6 is 0 Å². The summed E-state index contributed by atoms with van der Waals surface area (Å²) in [6, 6.07) is 2.61. The standard InChI is InChI=1S/C18H30N4O/c1-16(20-10-2-3-11-20)17-7-14-21(15-8-17)18(23)6-4-12-22-13-5-9-19-22/h5,9,13,16-17H,2-4,6-8,10-12,14-15H2,1H3/t16-/m1/s1. The highest BCUT2D eigenvalue weighted by Crippen LogP contribution is 2.26. The van der Waals surface area contributed by atoms with Crippen LogP contribution < -0.4 is 0 Å². The van der Waals surface area contributed by atoms with E-state index in [1.54, 1.807) is 6.20 Å². The minimum atomic E-state index is 0.324. The molecule has 3 heterocycles. The third-order valence-corrected chi connectivity index (χ3v) is 5.63. The van der Waals surface area contributed by atoms with Crippen molar-refractivity contribution >= 4 is 5.91 Å². The van der Waals surface area contributed by atoms with Crippen LogP contribution in [0.3, 0.4) is 0 Å². The zero-order valence-corrected chi connectivity index (χ0v) is 14.4. The molecule has 3 rings (SSSR count). The SMILES string of the molecule is C[C@H](C1CCN(C(=O)CCCn2cccn2)CC1)N1CCCC1. The van der Waals surface area contributed by atoms with Crippen LogP contribution in [0.4, 0.5) is 0 Å². The highest BCUT2D eigenvalue weighted by Gasteiger charge is 2.30. The summed E-state index contributed by atoms with van der Waals surface area (Å²) in [6.07, 6.45) is 10.3. The number of aryl methyl sites for hydroxylation is 1. The first-order valence-electron chi connectivity index (χ1n) is 9.23. The van der Waals surface area contributed by atoms with Crippen molar-refractivity contribution in [3.63, 3.8) is 0 Å². The van der Waals surface area contributed by atoms with E-state index in [2.05, 4.69) is 21.8 Å². The van der Waals surface area contributed by atoms with Gasteiger partial charge in [-0.3, -0.25) is 9.48 Å². The number of carbonyl (C=O) groups is 1. The average Bonchev–Trinajstić information content (AvgIpc) is 3.28. The largest absolute Gasteiger partial charge is 0.343 e. The molecule has 128 valence electrons. The number of rotatable bonds is 6. The van der Waals surface area contributed by atoms with Crippen LogP contribution in [0, 0.1) is 5.92 Å². The predicted molar refractivity (Wildman–Crippen MR) is 91.0 cm³/mol. The molecule has 0 bridgehead atoms. The van der Waals surface area contributed by atoms with Crippen LogP contribution in [0.1, 0.15) is 45.4 Å². The molecule has 2 fully saturated rings. The van der Waals surface area contributed by atoms with Gasteiger partial charge in [0, 0.05) is 44.5 Å². The van der Waals surface area contributed by atoms with Gasteiger partial charge in [-0.25, -0.2) is 0 Å². The van der Waals surface area contributed by atoms with Crippen molar-refractivity contribution < 1.29 is 4.79 Å². The number of carbonyl (C=O) groups excluding carboxylic acids is 1. The van der Waals surface area contributed by atoms with Gasteiger partial charge in [0.1, 0.15) is 0 Å². The van der Waals surface area contributed by atoms with Gasteiger partial charge < -0.3 is 9.80 Å². The second-order valence-electron chi connectivity index (χ2n) is 7.07. The van der Waals surface area contributed by atoms with Crippen molar-refractivity contribution in [2.24, 2.45) is 5.92 Å². The fraction of sp³-hybridized carbons (Fsp3) is 0.778. The van der Waals surface area contributed by atoms with Gasteiger partial charge in [0.05, 0.1) is 0 Å². The first kappa shape index (κ1) is 16.5. The van der Waals surface area contributed by atoms with Crippen LogP contribution in [0.2, 0.25) is 0 Å². The smallest absolute Gasteiger partial charge is 0.222 e. The molecule has 5 nitrogen and oxygen atoms in total. The number of likely N-dealkylation sites (tertiary alicyclic amines) is 2. The number of piperidine rings is 1.